The van der Waals surface area contributed by atoms with Crippen molar-refractivity contribution in [3.8, 4) is 5.88 Å². The number of methoxy groups -OCH3 is 1. The predicted molar refractivity (Wildman–Crippen MR) is 136 cm³/mol. The molecule has 5 rings (SSSR count). The van der Waals surface area contributed by atoms with E-state index >= 15 is 0 Å². The number of nitrogens with two attached hydrogens (primary N) is 1. The standard InChI is InChI=1S/C24H25N9O2S/c1-4-32-14-27-23(31-32)30-19(34)16-13-17-18(28-20(16)35-3)29-21(33(17)5-2)24(25,22-26-11-12-36-22)15-9-7-6-8-10-15/h6-14H,4-5,25H2,1-3H3,(H,30,31,34). The van der Waals surface area contributed by atoms with Crippen molar-refractivity contribution in [1.29, 1.82) is 0 Å². The number of carbonyl (C=O) groups is 1. The van der Waals surface area contributed by atoms with Gasteiger partial charge in [0.1, 0.15) is 22.7 Å². The summed E-state index contributed by atoms with van der Waals surface area (Å²) < 4.78 is 9.03. The minimum absolute atomic E-state index is 0.138. The van der Waals surface area contributed by atoms with Crippen molar-refractivity contribution in [1.82, 2.24) is 34.3 Å². The quantitative estimate of drug-likeness (QED) is 0.329. The Balaban J connectivity index is 1.66. The van der Waals surface area contributed by atoms with E-state index in [2.05, 4.69) is 25.4 Å². The molecule has 1 aromatic carbocycles. The average molecular weight is 504 g/mol. The molecular formula is C24H25N9O2S. The van der Waals surface area contributed by atoms with Gasteiger partial charge >= 0.3 is 0 Å². The smallest absolute Gasteiger partial charge is 0.263 e. The number of aryl methyl sites for hydroxylation is 2. The van der Waals surface area contributed by atoms with Crippen LogP contribution in [0.4, 0.5) is 5.95 Å². The van der Waals surface area contributed by atoms with Gasteiger partial charge in [0.05, 0.1) is 12.6 Å². The number of nitrogens with one attached hydrogen (secondary N) is 1. The van der Waals surface area contributed by atoms with Gasteiger partial charge in [-0.05, 0) is 25.5 Å². The van der Waals surface area contributed by atoms with Gasteiger partial charge in [-0.1, -0.05) is 30.3 Å². The van der Waals surface area contributed by atoms with Crippen LogP contribution in [0.1, 0.15) is 40.6 Å². The molecule has 0 saturated carbocycles. The van der Waals surface area contributed by atoms with Crippen LogP contribution in [-0.2, 0) is 18.6 Å². The van der Waals surface area contributed by atoms with E-state index in [0.29, 0.717) is 35.1 Å². The monoisotopic (exact) mass is 503 g/mol. The second kappa shape index (κ2) is 9.47. The van der Waals surface area contributed by atoms with Crippen LogP contribution < -0.4 is 15.8 Å². The van der Waals surface area contributed by atoms with Gasteiger partial charge in [-0.15, -0.1) is 16.4 Å². The van der Waals surface area contributed by atoms with E-state index < -0.39 is 11.4 Å². The fourth-order valence-electron chi connectivity index (χ4n) is 4.11. The average Bonchev–Trinajstić information content (AvgIpc) is 3.67. The summed E-state index contributed by atoms with van der Waals surface area (Å²) in [5.74, 6) is 0.459. The van der Waals surface area contributed by atoms with Crippen LogP contribution in [0.3, 0.4) is 0 Å². The Morgan fingerprint density at radius 1 is 1.17 bits per heavy atom. The number of carbonyl (C=O) groups excluding carboxylic acids is 1. The lowest BCUT2D eigenvalue weighted by Crippen LogP contribution is -2.41. The summed E-state index contributed by atoms with van der Waals surface area (Å²) in [7, 11) is 1.46. The van der Waals surface area contributed by atoms with Crippen LogP contribution in [0.2, 0.25) is 0 Å². The molecule has 12 heteroatoms. The van der Waals surface area contributed by atoms with E-state index in [-0.39, 0.29) is 17.4 Å². The number of fused-ring (bicyclic) bond motifs is 1. The fraction of sp³-hybridized carbons (Fsp3) is 0.250. The first-order valence-electron chi connectivity index (χ1n) is 11.4. The maximum Gasteiger partial charge on any atom is 0.263 e. The number of amides is 1. The minimum atomic E-state index is -1.13. The Morgan fingerprint density at radius 2 is 1.97 bits per heavy atom. The van der Waals surface area contributed by atoms with E-state index in [0.717, 1.165) is 5.56 Å². The highest BCUT2D eigenvalue weighted by atomic mass is 32.1. The molecule has 0 aliphatic carbocycles. The number of hydrogen-bond donors (Lipinski definition) is 2. The Labute approximate surface area is 211 Å². The lowest BCUT2D eigenvalue weighted by atomic mass is 9.90. The molecule has 0 aliphatic rings. The van der Waals surface area contributed by atoms with E-state index in [1.165, 1.54) is 18.4 Å². The van der Waals surface area contributed by atoms with Crippen LogP contribution in [0, 0.1) is 0 Å². The molecule has 0 radical (unpaired) electrons. The highest BCUT2D eigenvalue weighted by Crippen LogP contribution is 2.37. The summed E-state index contributed by atoms with van der Waals surface area (Å²) in [5.41, 5.74) is 8.15. The predicted octanol–water partition coefficient (Wildman–Crippen LogP) is 3.03. The summed E-state index contributed by atoms with van der Waals surface area (Å²) in [6.45, 7) is 5.10. The first kappa shape index (κ1) is 23.6. The summed E-state index contributed by atoms with van der Waals surface area (Å²) in [6, 6.07) is 11.4. The molecule has 184 valence electrons. The molecular weight excluding hydrogens is 478 g/mol. The van der Waals surface area contributed by atoms with Gasteiger partial charge in [0.25, 0.3) is 5.91 Å². The zero-order valence-electron chi connectivity index (χ0n) is 20.0. The van der Waals surface area contributed by atoms with Crippen LogP contribution in [-0.4, -0.2) is 47.3 Å². The Morgan fingerprint density at radius 3 is 2.61 bits per heavy atom. The third-order valence-electron chi connectivity index (χ3n) is 5.90. The Kier molecular flexibility index (Phi) is 6.20. The van der Waals surface area contributed by atoms with Gasteiger partial charge in [-0.3, -0.25) is 14.8 Å². The molecule has 1 unspecified atom stereocenters. The zero-order chi connectivity index (χ0) is 25.3. The van der Waals surface area contributed by atoms with Crippen molar-refractivity contribution < 1.29 is 9.53 Å². The molecule has 0 bridgehead atoms. The number of benzene rings is 1. The number of rotatable bonds is 8. The van der Waals surface area contributed by atoms with Gasteiger partial charge in [0.15, 0.2) is 11.2 Å². The number of nitrogens with zero attached hydrogens (tertiary/aromatic N) is 7. The fourth-order valence-corrected chi connectivity index (χ4v) is 4.88. The summed E-state index contributed by atoms with van der Waals surface area (Å²) in [4.78, 5) is 31.2. The maximum atomic E-state index is 13.2. The molecule has 4 heterocycles. The second-order valence-corrected chi connectivity index (χ2v) is 8.85. The van der Waals surface area contributed by atoms with Gasteiger partial charge < -0.3 is 15.0 Å². The lowest BCUT2D eigenvalue weighted by molar-refractivity contribution is 0.102. The van der Waals surface area contributed by atoms with Gasteiger partial charge in [-0.25, -0.2) is 15.0 Å². The van der Waals surface area contributed by atoms with Crippen LogP contribution >= 0.6 is 11.3 Å². The SMILES string of the molecule is CCn1cnc(NC(=O)c2cc3c(nc2OC)nc(C(N)(c2ccccc2)c2nccs2)n3CC)n1. The van der Waals surface area contributed by atoms with Gasteiger partial charge in [0, 0.05) is 24.7 Å². The number of hydrogen-bond acceptors (Lipinski definition) is 9. The molecule has 1 atom stereocenters. The van der Waals surface area contributed by atoms with Crippen molar-refractivity contribution >= 4 is 34.4 Å². The van der Waals surface area contributed by atoms with E-state index in [9.17, 15) is 4.79 Å². The highest BCUT2D eigenvalue weighted by Gasteiger charge is 2.40. The highest BCUT2D eigenvalue weighted by molar-refractivity contribution is 7.09. The van der Waals surface area contributed by atoms with E-state index in [1.807, 2.05) is 54.1 Å². The zero-order valence-corrected chi connectivity index (χ0v) is 20.9. The molecule has 3 N–H and O–H groups in total. The molecule has 4 aromatic heterocycles. The van der Waals surface area contributed by atoms with Crippen LogP contribution in [0.15, 0.2) is 54.3 Å². The first-order valence-corrected chi connectivity index (χ1v) is 12.3. The maximum absolute atomic E-state index is 13.2. The minimum Gasteiger partial charge on any atom is -0.480 e. The summed E-state index contributed by atoms with van der Waals surface area (Å²) in [6.07, 6.45) is 3.27. The van der Waals surface area contributed by atoms with Crippen molar-refractivity contribution in [3.05, 3.63) is 76.3 Å². The Bertz CT molecular complexity index is 1510. The number of aromatic nitrogens is 7. The Hall–Kier alpha value is -4.16. The normalized spacial score (nSPS) is 13.0. The van der Waals surface area contributed by atoms with Gasteiger partial charge in [-0.2, -0.15) is 4.98 Å². The second-order valence-electron chi connectivity index (χ2n) is 7.96. The van der Waals surface area contributed by atoms with Crippen LogP contribution in [0.5, 0.6) is 5.88 Å². The van der Waals surface area contributed by atoms with Crippen molar-refractivity contribution in [2.45, 2.75) is 32.5 Å². The number of thiazole rings is 1. The number of pyridine rings is 1. The van der Waals surface area contributed by atoms with Crippen molar-refractivity contribution in [3.63, 3.8) is 0 Å². The van der Waals surface area contributed by atoms with Gasteiger partial charge in [0.2, 0.25) is 11.8 Å². The molecule has 0 fully saturated rings. The number of ether oxygens (including phenoxy) is 1. The number of anilines is 1. The van der Waals surface area contributed by atoms with Crippen molar-refractivity contribution in [2.24, 2.45) is 5.73 Å². The number of imidazole rings is 1. The van der Waals surface area contributed by atoms with Crippen LogP contribution in [0.25, 0.3) is 11.2 Å². The van der Waals surface area contributed by atoms with E-state index in [4.69, 9.17) is 15.5 Å². The third-order valence-corrected chi connectivity index (χ3v) is 6.81. The first-order chi connectivity index (χ1) is 17.5. The molecule has 0 saturated heterocycles. The molecule has 5 aromatic rings. The van der Waals surface area contributed by atoms with Crippen molar-refractivity contribution in [2.75, 3.05) is 12.4 Å². The molecule has 0 spiro atoms. The molecule has 0 aliphatic heterocycles. The molecule has 11 nitrogen and oxygen atoms in total. The molecule has 36 heavy (non-hydrogen) atoms. The third kappa shape index (κ3) is 3.89. The summed E-state index contributed by atoms with van der Waals surface area (Å²) in [5, 5.41) is 9.51. The van der Waals surface area contributed by atoms with E-state index in [1.54, 1.807) is 23.3 Å². The largest absolute Gasteiger partial charge is 0.480 e. The lowest BCUT2D eigenvalue weighted by Gasteiger charge is -2.28. The topological polar surface area (TPSA) is 139 Å². The molecule has 1 amide bonds. The summed E-state index contributed by atoms with van der Waals surface area (Å²) >= 11 is 1.45.